The molecule has 1 aromatic rings. The SMILES string of the molecule is CC(O)CC=CC1=CC(=O)c2c(O)cc(O)cc2CC(=O)O1. The molecule has 0 radical (unpaired) electrons. The van der Waals surface area contributed by atoms with E-state index in [-0.39, 0.29) is 29.1 Å². The average Bonchev–Trinajstić information content (AvgIpc) is 2.35. The van der Waals surface area contributed by atoms with Gasteiger partial charge in [0.2, 0.25) is 0 Å². The van der Waals surface area contributed by atoms with Crippen molar-refractivity contribution in [3.63, 3.8) is 0 Å². The van der Waals surface area contributed by atoms with Gasteiger partial charge in [0, 0.05) is 12.1 Å². The van der Waals surface area contributed by atoms with Gasteiger partial charge in [-0.25, -0.2) is 0 Å². The number of rotatable bonds is 3. The fourth-order valence-corrected chi connectivity index (χ4v) is 2.11. The zero-order chi connectivity index (χ0) is 16.3. The van der Waals surface area contributed by atoms with Crippen LogP contribution in [0.2, 0.25) is 0 Å². The van der Waals surface area contributed by atoms with Gasteiger partial charge in [-0.2, -0.15) is 0 Å². The number of cyclic esters (lactones) is 1. The molecule has 0 saturated heterocycles. The summed E-state index contributed by atoms with van der Waals surface area (Å²) >= 11 is 0. The van der Waals surface area contributed by atoms with Gasteiger partial charge in [-0.3, -0.25) is 9.59 Å². The minimum atomic E-state index is -0.619. The highest BCUT2D eigenvalue weighted by Gasteiger charge is 2.22. The number of aliphatic hydroxyl groups excluding tert-OH is 1. The molecule has 1 unspecified atom stereocenters. The number of hydrogen-bond acceptors (Lipinski definition) is 6. The van der Waals surface area contributed by atoms with Crippen molar-refractivity contribution >= 4 is 11.8 Å². The largest absolute Gasteiger partial charge is 0.508 e. The van der Waals surface area contributed by atoms with Crippen LogP contribution >= 0.6 is 0 Å². The summed E-state index contributed by atoms with van der Waals surface area (Å²) in [5.41, 5.74) is 0.173. The molecule has 0 amide bonds. The predicted octanol–water partition coefficient (Wildman–Crippen LogP) is 1.59. The molecule has 116 valence electrons. The number of allylic oxidation sites excluding steroid dienone is 2. The van der Waals surface area contributed by atoms with Gasteiger partial charge in [0.25, 0.3) is 0 Å². The fourth-order valence-electron chi connectivity index (χ4n) is 2.11. The number of aromatic hydroxyl groups is 2. The number of fused-ring (bicyclic) bond motifs is 1. The number of aliphatic hydroxyl groups is 1. The maximum atomic E-state index is 12.2. The Kier molecular flexibility index (Phi) is 4.62. The summed E-state index contributed by atoms with van der Waals surface area (Å²) in [5, 5.41) is 28.5. The Bertz CT molecular complexity index is 669. The first-order valence-corrected chi connectivity index (χ1v) is 6.73. The van der Waals surface area contributed by atoms with Gasteiger partial charge in [0.05, 0.1) is 18.1 Å². The van der Waals surface area contributed by atoms with Crippen LogP contribution in [-0.4, -0.2) is 33.2 Å². The zero-order valence-electron chi connectivity index (χ0n) is 11.9. The molecule has 0 aliphatic carbocycles. The van der Waals surface area contributed by atoms with Gasteiger partial charge >= 0.3 is 5.97 Å². The summed E-state index contributed by atoms with van der Waals surface area (Å²) in [6.45, 7) is 1.61. The quantitative estimate of drug-likeness (QED) is 0.733. The lowest BCUT2D eigenvalue weighted by Gasteiger charge is -2.14. The van der Waals surface area contributed by atoms with Crippen LogP contribution in [0.5, 0.6) is 11.5 Å². The van der Waals surface area contributed by atoms with Crippen molar-refractivity contribution in [3.8, 4) is 11.5 Å². The molecule has 6 heteroatoms. The molecule has 1 aromatic carbocycles. The molecule has 2 rings (SSSR count). The number of hydrogen-bond donors (Lipinski definition) is 3. The Morgan fingerprint density at radius 3 is 2.73 bits per heavy atom. The summed E-state index contributed by atoms with van der Waals surface area (Å²) in [6.07, 6.45) is 3.64. The third kappa shape index (κ3) is 3.73. The van der Waals surface area contributed by atoms with Crippen LogP contribution in [-0.2, 0) is 16.0 Å². The first kappa shape index (κ1) is 15.8. The first-order chi connectivity index (χ1) is 10.4. The minimum absolute atomic E-state index is 0.0316. The van der Waals surface area contributed by atoms with E-state index in [0.717, 1.165) is 12.1 Å². The van der Waals surface area contributed by atoms with E-state index >= 15 is 0 Å². The van der Waals surface area contributed by atoms with Crippen LogP contribution in [0.15, 0.2) is 36.1 Å². The number of ketones is 1. The number of esters is 1. The predicted molar refractivity (Wildman–Crippen MR) is 77.4 cm³/mol. The van der Waals surface area contributed by atoms with Crippen molar-refractivity contribution in [2.45, 2.75) is 25.9 Å². The fraction of sp³-hybridized carbons (Fsp3) is 0.250. The second-order valence-corrected chi connectivity index (χ2v) is 5.05. The standard InChI is InChI=1S/C16H16O6/c1-9(17)3-2-4-12-8-14(20)16-10(6-15(21)22-12)5-11(18)7-13(16)19/h2,4-5,7-9,17-19H,3,6H2,1H3. The Balaban J connectivity index is 2.39. The number of phenols is 2. The molecule has 0 saturated carbocycles. The summed E-state index contributed by atoms with van der Waals surface area (Å²) in [4.78, 5) is 24.0. The topological polar surface area (TPSA) is 104 Å². The van der Waals surface area contributed by atoms with Gasteiger partial charge in [0.15, 0.2) is 5.78 Å². The summed E-state index contributed by atoms with van der Waals surface area (Å²) in [5.74, 6) is -1.74. The number of benzene rings is 1. The van der Waals surface area contributed by atoms with Gasteiger partial charge in [-0.05, 0) is 31.1 Å². The van der Waals surface area contributed by atoms with E-state index in [2.05, 4.69) is 0 Å². The maximum absolute atomic E-state index is 12.2. The number of ether oxygens (including phenoxy) is 1. The molecule has 3 N–H and O–H groups in total. The van der Waals surface area contributed by atoms with Gasteiger partial charge < -0.3 is 20.1 Å². The van der Waals surface area contributed by atoms with Crippen molar-refractivity contribution in [2.24, 2.45) is 0 Å². The average molecular weight is 304 g/mol. The lowest BCUT2D eigenvalue weighted by molar-refractivity contribution is -0.138. The van der Waals surface area contributed by atoms with E-state index in [1.807, 2.05) is 0 Å². The van der Waals surface area contributed by atoms with Crippen molar-refractivity contribution in [1.29, 1.82) is 0 Å². The molecule has 0 spiro atoms. The molecule has 0 aromatic heterocycles. The summed E-state index contributed by atoms with van der Waals surface area (Å²) in [6, 6.07) is 2.29. The van der Waals surface area contributed by atoms with Crippen LogP contribution in [0.4, 0.5) is 0 Å². The Morgan fingerprint density at radius 1 is 1.32 bits per heavy atom. The highest BCUT2D eigenvalue weighted by Crippen LogP contribution is 2.30. The smallest absolute Gasteiger partial charge is 0.315 e. The van der Waals surface area contributed by atoms with Crippen LogP contribution in [0.3, 0.4) is 0 Å². The molecule has 0 bridgehead atoms. The van der Waals surface area contributed by atoms with Gasteiger partial charge in [0.1, 0.15) is 17.3 Å². The first-order valence-electron chi connectivity index (χ1n) is 6.73. The van der Waals surface area contributed by atoms with Gasteiger partial charge in [-0.15, -0.1) is 0 Å². The van der Waals surface area contributed by atoms with Crippen LogP contribution in [0.1, 0.15) is 29.3 Å². The maximum Gasteiger partial charge on any atom is 0.315 e. The molecule has 1 aliphatic heterocycles. The Labute approximate surface area is 127 Å². The summed E-state index contributed by atoms with van der Waals surface area (Å²) in [7, 11) is 0. The molecule has 1 heterocycles. The van der Waals surface area contributed by atoms with E-state index in [4.69, 9.17) is 4.74 Å². The second kappa shape index (κ2) is 6.44. The van der Waals surface area contributed by atoms with E-state index in [9.17, 15) is 24.9 Å². The monoisotopic (exact) mass is 304 g/mol. The molecular weight excluding hydrogens is 288 g/mol. The lowest BCUT2D eigenvalue weighted by atomic mass is 9.98. The molecule has 1 atom stereocenters. The molecule has 0 fully saturated rings. The third-order valence-electron chi connectivity index (χ3n) is 3.03. The normalized spacial score (nSPS) is 16.5. The lowest BCUT2D eigenvalue weighted by Crippen LogP contribution is -2.15. The van der Waals surface area contributed by atoms with Crippen molar-refractivity contribution in [3.05, 3.63) is 47.2 Å². The second-order valence-electron chi connectivity index (χ2n) is 5.05. The molecular formula is C16H16O6. The number of carbonyl (C=O) groups is 2. The number of carbonyl (C=O) groups excluding carboxylic acids is 2. The van der Waals surface area contributed by atoms with E-state index < -0.39 is 23.6 Å². The Hall–Kier alpha value is -2.60. The molecule has 1 aliphatic rings. The third-order valence-corrected chi connectivity index (χ3v) is 3.03. The van der Waals surface area contributed by atoms with Crippen LogP contribution in [0.25, 0.3) is 0 Å². The molecule has 6 nitrogen and oxygen atoms in total. The Morgan fingerprint density at radius 2 is 2.05 bits per heavy atom. The van der Waals surface area contributed by atoms with Crippen LogP contribution < -0.4 is 0 Å². The highest BCUT2D eigenvalue weighted by molar-refractivity contribution is 6.09. The van der Waals surface area contributed by atoms with Crippen LogP contribution in [0, 0.1) is 0 Å². The van der Waals surface area contributed by atoms with Crippen molar-refractivity contribution < 1.29 is 29.6 Å². The molecule has 22 heavy (non-hydrogen) atoms. The minimum Gasteiger partial charge on any atom is -0.508 e. The number of phenolic OH excluding ortho intramolecular Hbond substituents is 2. The van der Waals surface area contributed by atoms with Gasteiger partial charge in [-0.1, -0.05) is 6.08 Å². The van der Waals surface area contributed by atoms with E-state index in [0.29, 0.717) is 6.42 Å². The zero-order valence-corrected chi connectivity index (χ0v) is 11.9. The van der Waals surface area contributed by atoms with E-state index in [1.165, 1.54) is 12.1 Å². The van der Waals surface area contributed by atoms with Crippen molar-refractivity contribution in [1.82, 2.24) is 0 Å². The highest BCUT2D eigenvalue weighted by atomic mass is 16.5. The van der Waals surface area contributed by atoms with E-state index in [1.54, 1.807) is 13.0 Å². The van der Waals surface area contributed by atoms with Crippen molar-refractivity contribution in [2.75, 3.05) is 0 Å². The summed E-state index contributed by atoms with van der Waals surface area (Å²) < 4.78 is 5.05.